The van der Waals surface area contributed by atoms with Gasteiger partial charge in [0.25, 0.3) is 5.91 Å². The highest BCUT2D eigenvalue weighted by molar-refractivity contribution is 6.16. The van der Waals surface area contributed by atoms with E-state index in [9.17, 15) is 9.59 Å². The van der Waals surface area contributed by atoms with Crippen molar-refractivity contribution in [1.29, 1.82) is 0 Å². The number of ether oxygens (including phenoxy) is 1. The van der Waals surface area contributed by atoms with Crippen LogP contribution in [-0.2, 0) is 15.1 Å². The van der Waals surface area contributed by atoms with Crippen LogP contribution in [0, 0.1) is 6.92 Å². The van der Waals surface area contributed by atoms with Crippen molar-refractivity contribution in [3.63, 3.8) is 0 Å². The van der Waals surface area contributed by atoms with Gasteiger partial charge in [-0.1, -0.05) is 18.2 Å². The normalized spacial score (nSPS) is 18.5. The van der Waals surface area contributed by atoms with Gasteiger partial charge in [-0.05, 0) is 55.0 Å². The van der Waals surface area contributed by atoms with Gasteiger partial charge in [-0.15, -0.1) is 0 Å². The molecule has 0 unspecified atom stereocenters. The monoisotopic (exact) mass is 376 g/mol. The van der Waals surface area contributed by atoms with Crippen LogP contribution in [0.4, 0.5) is 11.4 Å². The Hall–Kier alpha value is -3.54. The third-order valence-corrected chi connectivity index (χ3v) is 5.07. The van der Waals surface area contributed by atoms with Crippen molar-refractivity contribution in [2.75, 3.05) is 17.3 Å². The molecule has 2 amide bonds. The molecule has 2 heterocycles. The second-order valence-corrected chi connectivity index (χ2v) is 6.71. The fourth-order valence-electron chi connectivity index (χ4n) is 3.54. The predicted octanol–water partition coefficient (Wildman–Crippen LogP) is 3.87. The summed E-state index contributed by atoms with van der Waals surface area (Å²) in [7, 11) is 1.58. The van der Waals surface area contributed by atoms with Gasteiger partial charge in [0, 0.05) is 11.4 Å². The molecular formula is C22H20N2O4. The number of β-lactam (4-membered cyclic amide) rings is 1. The number of benzene rings is 2. The maximum Gasteiger partial charge on any atom is 0.259 e. The van der Waals surface area contributed by atoms with E-state index in [0.29, 0.717) is 22.9 Å². The fraction of sp³-hybridized carbons (Fsp3) is 0.182. The number of aryl methyl sites for hydroxylation is 1. The topological polar surface area (TPSA) is 71.8 Å². The third kappa shape index (κ3) is 2.74. The van der Waals surface area contributed by atoms with E-state index in [1.54, 1.807) is 43.5 Å². The van der Waals surface area contributed by atoms with E-state index in [0.717, 1.165) is 5.56 Å². The molecule has 2 aromatic carbocycles. The van der Waals surface area contributed by atoms with Crippen molar-refractivity contribution < 1.29 is 18.7 Å². The van der Waals surface area contributed by atoms with E-state index >= 15 is 0 Å². The highest BCUT2D eigenvalue weighted by Crippen LogP contribution is 2.46. The summed E-state index contributed by atoms with van der Waals surface area (Å²) in [6.07, 6.45) is 1.54. The number of carbonyl (C=O) groups is 2. The lowest BCUT2D eigenvalue weighted by molar-refractivity contribution is -0.138. The summed E-state index contributed by atoms with van der Waals surface area (Å²) in [4.78, 5) is 27.5. The zero-order valence-corrected chi connectivity index (χ0v) is 15.6. The average molecular weight is 376 g/mol. The Kier molecular flexibility index (Phi) is 4.39. The molecule has 1 aliphatic rings. The first-order valence-electron chi connectivity index (χ1n) is 8.94. The van der Waals surface area contributed by atoms with Crippen LogP contribution in [0.3, 0.4) is 0 Å². The Morgan fingerprint density at radius 3 is 2.46 bits per heavy atom. The summed E-state index contributed by atoms with van der Waals surface area (Å²) < 4.78 is 10.8. The number of hydrogen-bond acceptors (Lipinski definition) is 4. The zero-order chi connectivity index (χ0) is 19.7. The molecule has 28 heavy (non-hydrogen) atoms. The van der Waals surface area contributed by atoms with Crippen LogP contribution < -0.4 is 15.0 Å². The van der Waals surface area contributed by atoms with Crippen LogP contribution in [0.1, 0.15) is 17.7 Å². The van der Waals surface area contributed by atoms with Crippen molar-refractivity contribution in [1.82, 2.24) is 0 Å². The SMILES string of the molecule is COc1ccc(N2C(=O)C[C@@]2(C(=O)Nc2ccccc2C)c2ccco2)cc1. The van der Waals surface area contributed by atoms with Gasteiger partial charge in [-0.2, -0.15) is 0 Å². The molecule has 1 atom stereocenters. The summed E-state index contributed by atoms with van der Waals surface area (Å²) in [6.45, 7) is 1.92. The number of anilines is 2. The molecule has 4 rings (SSSR count). The molecule has 0 spiro atoms. The summed E-state index contributed by atoms with van der Waals surface area (Å²) in [6, 6.07) is 18.0. The van der Waals surface area contributed by atoms with Gasteiger partial charge >= 0.3 is 0 Å². The molecule has 1 fully saturated rings. The lowest BCUT2D eigenvalue weighted by Gasteiger charge is -2.49. The first-order chi connectivity index (χ1) is 13.6. The van der Waals surface area contributed by atoms with Crippen molar-refractivity contribution in [3.05, 3.63) is 78.3 Å². The molecule has 0 saturated carbocycles. The maximum absolute atomic E-state index is 13.4. The van der Waals surface area contributed by atoms with Crippen LogP contribution >= 0.6 is 0 Å². The first-order valence-corrected chi connectivity index (χ1v) is 8.94. The predicted molar refractivity (Wildman–Crippen MR) is 105 cm³/mol. The van der Waals surface area contributed by atoms with Crippen molar-refractivity contribution in [3.8, 4) is 5.75 Å². The summed E-state index contributed by atoms with van der Waals surface area (Å²) in [5, 5.41) is 2.97. The molecule has 0 aliphatic carbocycles. The summed E-state index contributed by atoms with van der Waals surface area (Å²) in [5.74, 6) is 0.632. The van der Waals surface area contributed by atoms with Crippen molar-refractivity contribution in [2.24, 2.45) is 0 Å². The van der Waals surface area contributed by atoms with Crippen LogP contribution in [0.15, 0.2) is 71.3 Å². The first kappa shape index (κ1) is 17.9. The minimum absolute atomic E-state index is 0.0320. The smallest absolute Gasteiger partial charge is 0.259 e. The van der Waals surface area contributed by atoms with Crippen molar-refractivity contribution >= 4 is 23.2 Å². The van der Waals surface area contributed by atoms with Crippen LogP contribution in [0.2, 0.25) is 0 Å². The molecule has 1 N–H and O–H groups in total. The van der Waals surface area contributed by atoms with E-state index in [1.165, 1.54) is 11.2 Å². The molecular weight excluding hydrogens is 356 g/mol. The number of nitrogens with one attached hydrogen (secondary N) is 1. The molecule has 6 heteroatoms. The number of carbonyl (C=O) groups excluding carboxylic acids is 2. The number of nitrogens with zero attached hydrogens (tertiary/aromatic N) is 1. The summed E-state index contributed by atoms with van der Waals surface area (Å²) >= 11 is 0. The number of hydrogen-bond donors (Lipinski definition) is 1. The summed E-state index contributed by atoms with van der Waals surface area (Å²) in [5.41, 5.74) is 1.00. The number of rotatable bonds is 5. The van der Waals surface area contributed by atoms with Gasteiger partial charge in [0.2, 0.25) is 5.91 Å². The third-order valence-electron chi connectivity index (χ3n) is 5.07. The second kappa shape index (κ2) is 6.88. The quantitative estimate of drug-likeness (QED) is 0.686. The number of para-hydroxylation sites is 1. The Bertz CT molecular complexity index is 1010. The molecule has 3 aromatic rings. The minimum atomic E-state index is -1.24. The lowest BCUT2D eigenvalue weighted by Crippen LogP contribution is -2.67. The highest BCUT2D eigenvalue weighted by Gasteiger charge is 2.60. The molecule has 142 valence electrons. The van der Waals surface area contributed by atoms with Gasteiger partial charge in [-0.25, -0.2) is 0 Å². The Morgan fingerprint density at radius 2 is 1.86 bits per heavy atom. The standard InChI is InChI=1S/C22H20N2O4/c1-15-6-3-4-7-18(15)23-21(26)22(19-8-5-13-28-19)14-20(25)24(22)16-9-11-17(27-2)12-10-16/h3-13H,14H2,1-2H3,(H,23,26)/t22-/m0/s1. The Morgan fingerprint density at radius 1 is 1.11 bits per heavy atom. The van der Waals surface area contributed by atoms with Gasteiger partial charge in [0.05, 0.1) is 19.8 Å². The maximum atomic E-state index is 13.4. The Labute approximate surface area is 162 Å². The molecule has 1 aromatic heterocycles. The largest absolute Gasteiger partial charge is 0.497 e. The van der Waals surface area contributed by atoms with E-state index in [-0.39, 0.29) is 18.2 Å². The lowest BCUT2D eigenvalue weighted by atomic mass is 9.79. The van der Waals surface area contributed by atoms with E-state index in [1.807, 2.05) is 31.2 Å². The average Bonchev–Trinajstić information content (AvgIpc) is 3.23. The van der Waals surface area contributed by atoms with E-state index < -0.39 is 5.54 Å². The van der Waals surface area contributed by atoms with Gasteiger partial charge < -0.3 is 14.5 Å². The number of methoxy groups -OCH3 is 1. The minimum Gasteiger partial charge on any atom is -0.497 e. The van der Waals surface area contributed by atoms with Gasteiger partial charge in [0.15, 0.2) is 5.54 Å². The van der Waals surface area contributed by atoms with E-state index in [4.69, 9.17) is 9.15 Å². The molecule has 1 saturated heterocycles. The fourth-order valence-corrected chi connectivity index (χ4v) is 3.54. The van der Waals surface area contributed by atoms with Crippen molar-refractivity contribution in [2.45, 2.75) is 18.9 Å². The van der Waals surface area contributed by atoms with Crippen LogP contribution in [-0.4, -0.2) is 18.9 Å². The second-order valence-electron chi connectivity index (χ2n) is 6.71. The Balaban J connectivity index is 1.75. The number of furan rings is 1. The molecule has 6 nitrogen and oxygen atoms in total. The molecule has 0 bridgehead atoms. The van der Waals surface area contributed by atoms with Crippen LogP contribution in [0.5, 0.6) is 5.75 Å². The molecule has 0 radical (unpaired) electrons. The molecule has 1 aliphatic heterocycles. The highest BCUT2D eigenvalue weighted by atomic mass is 16.5. The van der Waals surface area contributed by atoms with Gasteiger partial charge in [-0.3, -0.25) is 14.5 Å². The van der Waals surface area contributed by atoms with E-state index in [2.05, 4.69) is 5.32 Å². The zero-order valence-electron chi connectivity index (χ0n) is 15.6. The number of amides is 2. The van der Waals surface area contributed by atoms with Crippen LogP contribution in [0.25, 0.3) is 0 Å². The van der Waals surface area contributed by atoms with Gasteiger partial charge in [0.1, 0.15) is 11.5 Å².